The Morgan fingerprint density at radius 3 is 2.47 bits per heavy atom. The molecule has 0 amide bonds. The number of carboxylic acid groups (broad SMARTS) is 1. The summed E-state index contributed by atoms with van der Waals surface area (Å²) in [5.41, 5.74) is 0.888. The maximum Gasteiger partial charge on any atom is 0.322 e. The Bertz CT molecular complexity index is 584. The highest BCUT2D eigenvalue weighted by molar-refractivity contribution is 7.89. The van der Waals surface area contributed by atoms with Crippen LogP contribution in [-0.4, -0.2) is 42.6 Å². The van der Waals surface area contributed by atoms with Gasteiger partial charge in [0.15, 0.2) is 0 Å². The molecule has 1 heterocycles. The van der Waals surface area contributed by atoms with Crippen LogP contribution in [-0.2, 0) is 14.8 Å². The quantitative estimate of drug-likeness (QED) is 0.906. The molecule has 2 rings (SSSR count). The van der Waals surface area contributed by atoms with Crippen molar-refractivity contribution in [3.63, 3.8) is 0 Å². The third kappa shape index (κ3) is 2.62. The van der Waals surface area contributed by atoms with Crippen LogP contribution in [0.15, 0.2) is 29.2 Å². The third-order valence-electron chi connectivity index (χ3n) is 3.12. The summed E-state index contributed by atoms with van der Waals surface area (Å²) in [5, 5.41) is 8.98. The van der Waals surface area contributed by atoms with Crippen LogP contribution in [0.4, 0.5) is 4.39 Å². The molecule has 0 aliphatic carbocycles. The average Bonchev–Trinajstić information content (AvgIpc) is 2.73. The number of benzene rings is 1. The van der Waals surface area contributed by atoms with Crippen molar-refractivity contribution in [2.24, 2.45) is 0 Å². The lowest BCUT2D eigenvalue weighted by Gasteiger charge is -2.20. The number of aliphatic carboxylic acids is 1. The second-order valence-electron chi connectivity index (χ2n) is 4.57. The zero-order valence-electron chi connectivity index (χ0n) is 10.3. The first-order chi connectivity index (χ1) is 8.82. The van der Waals surface area contributed by atoms with Crippen molar-refractivity contribution in [1.29, 1.82) is 0 Å². The van der Waals surface area contributed by atoms with Crippen LogP contribution >= 0.6 is 0 Å². The molecule has 1 aromatic carbocycles. The second-order valence-corrected chi connectivity index (χ2v) is 6.47. The van der Waals surface area contributed by atoms with Gasteiger partial charge in [0.05, 0.1) is 4.90 Å². The van der Waals surface area contributed by atoms with Crippen molar-refractivity contribution in [2.45, 2.75) is 30.5 Å². The van der Waals surface area contributed by atoms with Gasteiger partial charge in [-0.1, -0.05) is 17.7 Å². The van der Waals surface area contributed by atoms with E-state index in [0.29, 0.717) is 0 Å². The summed E-state index contributed by atoms with van der Waals surface area (Å²) in [6.07, 6.45) is -1.75. The van der Waals surface area contributed by atoms with Crippen molar-refractivity contribution in [3.8, 4) is 0 Å². The molecule has 104 valence electrons. The SMILES string of the molecule is Cc1ccc(S(=O)(=O)N2C[C@@H](F)C[C@H]2C(=O)O)cc1. The smallest absolute Gasteiger partial charge is 0.322 e. The Morgan fingerprint density at radius 1 is 1.37 bits per heavy atom. The Kier molecular flexibility index (Phi) is 3.60. The number of nitrogens with zero attached hydrogens (tertiary/aromatic N) is 1. The van der Waals surface area contributed by atoms with Gasteiger partial charge >= 0.3 is 5.97 Å². The molecule has 1 fully saturated rings. The molecule has 0 bridgehead atoms. The van der Waals surface area contributed by atoms with Crippen LogP contribution in [0.5, 0.6) is 0 Å². The predicted octanol–water partition coefficient (Wildman–Crippen LogP) is 1.18. The van der Waals surface area contributed by atoms with Gasteiger partial charge in [0.25, 0.3) is 0 Å². The van der Waals surface area contributed by atoms with E-state index in [1.54, 1.807) is 12.1 Å². The van der Waals surface area contributed by atoms with E-state index in [2.05, 4.69) is 0 Å². The summed E-state index contributed by atoms with van der Waals surface area (Å²) >= 11 is 0. The zero-order chi connectivity index (χ0) is 14.2. The summed E-state index contributed by atoms with van der Waals surface area (Å²) in [6.45, 7) is 1.40. The molecule has 2 atom stereocenters. The van der Waals surface area contributed by atoms with E-state index in [0.717, 1.165) is 9.87 Å². The molecule has 1 saturated heterocycles. The number of rotatable bonds is 3. The molecule has 5 nitrogen and oxygen atoms in total. The fraction of sp³-hybridized carbons (Fsp3) is 0.417. The minimum absolute atomic E-state index is 0.0153. The number of aryl methyl sites for hydroxylation is 1. The fourth-order valence-electron chi connectivity index (χ4n) is 2.09. The highest BCUT2D eigenvalue weighted by atomic mass is 32.2. The Hall–Kier alpha value is -1.47. The van der Waals surface area contributed by atoms with Crippen molar-refractivity contribution < 1.29 is 22.7 Å². The predicted molar refractivity (Wildman–Crippen MR) is 66.0 cm³/mol. The minimum Gasteiger partial charge on any atom is -0.480 e. The molecule has 19 heavy (non-hydrogen) atoms. The molecule has 0 radical (unpaired) electrons. The van der Waals surface area contributed by atoms with Crippen LogP contribution in [0, 0.1) is 6.92 Å². The van der Waals surface area contributed by atoms with E-state index in [1.165, 1.54) is 12.1 Å². The molecule has 1 N–H and O–H groups in total. The number of hydrogen-bond acceptors (Lipinski definition) is 3. The molecule has 0 aromatic heterocycles. The maximum atomic E-state index is 13.3. The number of sulfonamides is 1. The molecule has 0 spiro atoms. The topological polar surface area (TPSA) is 74.7 Å². The van der Waals surface area contributed by atoms with E-state index in [9.17, 15) is 17.6 Å². The van der Waals surface area contributed by atoms with Gasteiger partial charge in [-0.2, -0.15) is 4.31 Å². The van der Waals surface area contributed by atoms with E-state index in [4.69, 9.17) is 5.11 Å². The number of alkyl halides is 1. The highest BCUT2D eigenvalue weighted by Gasteiger charge is 2.44. The molecule has 1 aliphatic heterocycles. The van der Waals surface area contributed by atoms with Gasteiger partial charge < -0.3 is 5.11 Å². The Balaban J connectivity index is 2.38. The molecule has 0 saturated carbocycles. The standard InChI is InChI=1S/C12H14FNO4S/c1-8-2-4-10(5-3-8)19(17,18)14-7-9(13)6-11(14)12(15)16/h2-5,9,11H,6-7H2,1H3,(H,15,16)/t9-,11-/m0/s1. The Labute approximate surface area is 110 Å². The lowest BCUT2D eigenvalue weighted by Crippen LogP contribution is -2.40. The van der Waals surface area contributed by atoms with Crippen LogP contribution in [0.3, 0.4) is 0 Å². The van der Waals surface area contributed by atoms with Crippen LogP contribution in [0.2, 0.25) is 0 Å². The molecule has 1 aliphatic rings. The molecular formula is C12H14FNO4S. The summed E-state index contributed by atoms with van der Waals surface area (Å²) < 4.78 is 38.7. The number of carboxylic acids is 1. The number of hydrogen-bond donors (Lipinski definition) is 1. The number of carbonyl (C=O) groups is 1. The monoisotopic (exact) mass is 287 g/mol. The van der Waals surface area contributed by atoms with Crippen molar-refractivity contribution >= 4 is 16.0 Å². The largest absolute Gasteiger partial charge is 0.480 e. The van der Waals surface area contributed by atoms with Gasteiger partial charge in [0, 0.05) is 13.0 Å². The molecule has 0 unspecified atom stereocenters. The normalized spacial score (nSPS) is 24.5. The lowest BCUT2D eigenvalue weighted by atomic mass is 10.2. The van der Waals surface area contributed by atoms with Gasteiger partial charge in [-0.15, -0.1) is 0 Å². The van der Waals surface area contributed by atoms with E-state index < -0.39 is 34.8 Å². The number of halogens is 1. The van der Waals surface area contributed by atoms with Crippen LogP contribution in [0.1, 0.15) is 12.0 Å². The van der Waals surface area contributed by atoms with Crippen molar-refractivity contribution in [1.82, 2.24) is 4.31 Å². The van der Waals surface area contributed by atoms with Gasteiger partial charge in [-0.25, -0.2) is 12.8 Å². The highest BCUT2D eigenvalue weighted by Crippen LogP contribution is 2.28. The first-order valence-corrected chi connectivity index (χ1v) is 7.22. The first-order valence-electron chi connectivity index (χ1n) is 5.78. The van der Waals surface area contributed by atoms with Crippen molar-refractivity contribution in [2.75, 3.05) is 6.54 Å². The van der Waals surface area contributed by atoms with Gasteiger partial charge in [0.1, 0.15) is 12.2 Å². The maximum absolute atomic E-state index is 13.3. The summed E-state index contributed by atoms with van der Waals surface area (Å²) in [7, 11) is -3.97. The van der Waals surface area contributed by atoms with E-state index in [-0.39, 0.29) is 11.3 Å². The van der Waals surface area contributed by atoms with Crippen molar-refractivity contribution in [3.05, 3.63) is 29.8 Å². The second kappa shape index (κ2) is 4.90. The van der Waals surface area contributed by atoms with Gasteiger partial charge in [-0.05, 0) is 19.1 Å². The summed E-state index contributed by atoms with van der Waals surface area (Å²) in [5.74, 6) is -1.32. The first kappa shape index (κ1) is 14.0. The summed E-state index contributed by atoms with van der Waals surface area (Å²) in [6, 6.07) is 4.70. The molecular weight excluding hydrogens is 273 g/mol. The van der Waals surface area contributed by atoms with Crippen LogP contribution < -0.4 is 0 Å². The third-order valence-corrected chi connectivity index (χ3v) is 5.01. The van der Waals surface area contributed by atoms with Crippen LogP contribution in [0.25, 0.3) is 0 Å². The van der Waals surface area contributed by atoms with E-state index >= 15 is 0 Å². The summed E-state index contributed by atoms with van der Waals surface area (Å²) in [4.78, 5) is 11.0. The molecule has 7 heteroatoms. The zero-order valence-corrected chi connectivity index (χ0v) is 11.1. The average molecular weight is 287 g/mol. The Morgan fingerprint density at radius 2 is 1.95 bits per heavy atom. The minimum atomic E-state index is -3.97. The van der Waals surface area contributed by atoms with Gasteiger partial charge in [-0.3, -0.25) is 4.79 Å². The van der Waals surface area contributed by atoms with Gasteiger partial charge in [0.2, 0.25) is 10.0 Å². The van der Waals surface area contributed by atoms with E-state index in [1.807, 2.05) is 6.92 Å². The lowest BCUT2D eigenvalue weighted by molar-refractivity contribution is -0.140. The molecule has 1 aromatic rings. The fourth-order valence-corrected chi connectivity index (χ4v) is 3.71.